The Morgan fingerprint density at radius 2 is 1.89 bits per heavy atom. The van der Waals surface area contributed by atoms with E-state index in [2.05, 4.69) is 11.4 Å². The number of methoxy groups -OCH3 is 2. The fraction of sp³-hybridized carbons (Fsp3) is 0.625. The van der Waals surface area contributed by atoms with Crippen LogP contribution < -0.4 is 14.8 Å². The molecule has 0 amide bonds. The van der Waals surface area contributed by atoms with Crippen LogP contribution in [0.2, 0.25) is 0 Å². The molecule has 1 saturated carbocycles. The van der Waals surface area contributed by atoms with E-state index >= 15 is 0 Å². The van der Waals surface area contributed by atoms with Crippen molar-refractivity contribution in [3.05, 3.63) is 23.3 Å². The summed E-state index contributed by atoms with van der Waals surface area (Å²) < 4.78 is 10.9. The summed E-state index contributed by atoms with van der Waals surface area (Å²) in [6, 6.07) is 5.64. The van der Waals surface area contributed by atoms with Gasteiger partial charge in [-0.2, -0.15) is 0 Å². The van der Waals surface area contributed by atoms with Crippen molar-refractivity contribution in [2.45, 2.75) is 50.6 Å². The molecule has 1 unspecified atom stereocenters. The highest BCUT2D eigenvalue weighted by atomic mass is 16.5. The first-order valence-corrected chi connectivity index (χ1v) is 7.30. The molecule has 0 bridgehead atoms. The second kappa shape index (κ2) is 5.41. The molecule has 2 aliphatic rings. The minimum absolute atomic E-state index is 0.635. The molecule has 1 N–H and O–H groups in total. The first kappa shape index (κ1) is 12.8. The first-order chi connectivity index (χ1) is 9.31. The van der Waals surface area contributed by atoms with Gasteiger partial charge in [0.2, 0.25) is 0 Å². The number of rotatable bonds is 4. The molecule has 0 spiro atoms. The Morgan fingerprint density at radius 1 is 1.05 bits per heavy atom. The quantitative estimate of drug-likeness (QED) is 0.904. The topological polar surface area (TPSA) is 30.5 Å². The van der Waals surface area contributed by atoms with E-state index in [1.54, 1.807) is 14.2 Å². The van der Waals surface area contributed by atoms with E-state index in [1.807, 2.05) is 6.07 Å². The predicted octanol–water partition coefficient (Wildman–Crippen LogP) is 2.70. The minimum atomic E-state index is 0.635. The summed E-state index contributed by atoms with van der Waals surface area (Å²) in [5.41, 5.74) is 2.76. The maximum Gasteiger partial charge on any atom is 0.164 e. The Balaban J connectivity index is 1.77. The monoisotopic (exact) mass is 261 g/mol. The highest BCUT2D eigenvalue weighted by Crippen LogP contribution is 2.37. The van der Waals surface area contributed by atoms with Crippen molar-refractivity contribution in [1.82, 2.24) is 5.32 Å². The Bertz CT molecular complexity index is 454. The first-order valence-electron chi connectivity index (χ1n) is 7.30. The standard InChI is InChI=1S/C16H23NO2/c1-18-15-9-6-11-10-13(17-12-4-3-5-12)7-8-14(11)16(15)19-2/h6,9,12-13,17H,3-5,7-8,10H2,1-2H3. The van der Waals surface area contributed by atoms with E-state index in [4.69, 9.17) is 9.47 Å². The van der Waals surface area contributed by atoms with Gasteiger partial charge in [0.25, 0.3) is 0 Å². The maximum atomic E-state index is 5.54. The van der Waals surface area contributed by atoms with Crippen molar-refractivity contribution in [2.75, 3.05) is 14.2 Å². The molecule has 0 aliphatic heterocycles. The van der Waals surface area contributed by atoms with Gasteiger partial charge in [0.15, 0.2) is 11.5 Å². The summed E-state index contributed by atoms with van der Waals surface area (Å²) in [5, 5.41) is 3.79. The van der Waals surface area contributed by atoms with E-state index in [-0.39, 0.29) is 0 Å². The Labute approximate surface area is 115 Å². The zero-order chi connectivity index (χ0) is 13.2. The number of ether oxygens (including phenoxy) is 2. The van der Waals surface area contributed by atoms with E-state index in [0.29, 0.717) is 6.04 Å². The zero-order valence-electron chi connectivity index (χ0n) is 11.9. The summed E-state index contributed by atoms with van der Waals surface area (Å²) in [6.45, 7) is 0. The molecule has 3 nitrogen and oxygen atoms in total. The van der Waals surface area contributed by atoms with Crippen LogP contribution in [-0.2, 0) is 12.8 Å². The van der Waals surface area contributed by atoms with Crippen LogP contribution in [0, 0.1) is 0 Å². The smallest absolute Gasteiger partial charge is 0.164 e. The number of benzene rings is 1. The summed E-state index contributed by atoms with van der Waals surface area (Å²) in [4.78, 5) is 0. The van der Waals surface area contributed by atoms with Crippen LogP contribution in [0.3, 0.4) is 0 Å². The molecule has 1 atom stereocenters. The molecule has 0 heterocycles. The second-order valence-electron chi connectivity index (χ2n) is 5.67. The Morgan fingerprint density at radius 3 is 2.53 bits per heavy atom. The van der Waals surface area contributed by atoms with E-state index < -0.39 is 0 Å². The predicted molar refractivity (Wildman–Crippen MR) is 76.1 cm³/mol. The third-order valence-electron chi connectivity index (χ3n) is 4.53. The lowest BCUT2D eigenvalue weighted by atomic mass is 9.85. The molecule has 0 aromatic heterocycles. The average molecular weight is 261 g/mol. The Hall–Kier alpha value is -1.22. The van der Waals surface area contributed by atoms with Gasteiger partial charge in [-0.3, -0.25) is 0 Å². The highest BCUT2D eigenvalue weighted by Gasteiger charge is 2.26. The largest absolute Gasteiger partial charge is 0.493 e. The molecule has 3 rings (SSSR count). The van der Waals surface area contributed by atoms with Crippen LogP contribution in [0.1, 0.15) is 36.8 Å². The molecular weight excluding hydrogens is 238 g/mol. The molecule has 2 aliphatic carbocycles. The van der Waals surface area contributed by atoms with Gasteiger partial charge in [0, 0.05) is 17.6 Å². The maximum absolute atomic E-state index is 5.54. The lowest BCUT2D eigenvalue weighted by molar-refractivity contribution is 0.287. The van der Waals surface area contributed by atoms with E-state index in [9.17, 15) is 0 Å². The molecule has 3 heteroatoms. The van der Waals surface area contributed by atoms with Gasteiger partial charge in [-0.25, -0.2) is 0 Å². The molecule has 19 heavy (non-hydrogen) atoms. The zero-order valence-corrected chi connectivity index (χ0v) is 11.9. The summed E-state index contributed by atoms with van der Waals surface area (Å²) in [7, 11) is 3.44. The third-order valence-corrected chi connectivity index (χ3v) is 4.53. The van der Waals surface area contributed by atoms with Crippen molar-refractivity contribution in [2.24, 2.45) is 0 Å². The van der Waals surface area contributed by atoms with Crippen molar-refractivity contribution >= 4 is 0 Å². The molecular formula is C16H23NO2. The van der Waals surface area contributed by atoms with Gasteiger partial charge in [-0.05, 0) is 43.7 Å². The van der Waals surface area contributed by atoms with Gasteiger partial charge in [0.05, 0.1) is 14.2 Å². The summed E-state index contributed by atoms with van der Waals surface area (Å²) in [5.74, 6) is 1.79. The number of fused-ring (bicyclic) bond motifs is 1. The third kappa shape index (κ3) is 2.44. The lowest BCUT2D eigenvalue weighted by Gasteiger charge is -2.34. The van der Waals surface area contributed by atoms with Crippen molar-refractivity contribution in [3.63, 3.8) is 0 Å². The normalized spacial score (nSPS) is 22.5. The number of hydrogen-bond donors (Lipinski definition) is 1. The molecule has 1 fully saturated rings. The second-order valence-corrected chi connectivity index (χ2v) is 5.67. The summed E-state index contributed by atoms with van der Waals surface area (Å²) >= 11 is 0. The fourth-order valence-electron chi connectivity index (χ4n) is 3.23. The van der Waals surface area contributed by atoms with Gasteiger partial charge >= 0.3 is 0 Å². The van der Waals surface area contributed by atoms with Crippen LogP contribution in [0.15, 0.2) is 12.1 Å². The molecule has 0 saturated heterocycles. The molecule has 0 radical (unpaired) electrons. The van der Waals surface area contributed by atoms with Crippen molar-refractivity contribution in [3.8, 4) is 11.5 Å². The van der Waals surface area contributed by atoms with Crippen LogP contribution in [0.5, 0.6) is 11.5 Å². The van der Waals surface area contributed by atoms with E-state index in [0.717, 1.165) is 30.4 Å². The van der Waals surface area contributed by atoms with Crippen LogP contribution in [-0.4, -0.2) is 26.3 Å². The van der Waals surface area contributed by atoms with Gasteiger partial charge in [-0.1, -0.05) is 12.5 Å². The summed E-state index contributed by atoms with van der Waals surface area (Å²) in [6.07, 6.45) is 7.51. The minimum Gasteiger partial charge on any atom is -0.493 e. The molecule has 1 aromatic carbocycles. The van der Waals surface area contributed by atoms with Crippen LogP contribution in [0.25, 0.3) is 0 Å². The van der Waals surface area contributed by atoms with Crippen LogP contribution >= 0.6 is 0 Å². The van der Waals surface area contributed by atoms with E-state index in [1.165, 1.54) is 36.8 Å². The van der Waals surface area contributed by atoms with Gasteiger partial charge < -0.3 is 14.8 Å². The van der Waals surface area contributed by atoms with Gasteiger partial charge in [0.1, 0.15) is 0 Å². The highest BCUT2D eigenvalue weighted by molar-refractivity contribution is 5.52. The SMILES string of the molecule is COc1ccc2c(c1OC)CCC(NC1CCC1)C2. The Kier molecular flexibility index (Phi) is 3.65. The molecule has 104 valence electrons. The lowest BCUT2D eigenvalue weighted by Crippen LogP contribution is -2.44. The van der Waals surface area contributed by atoms with Gasteiger partial charge in [-0.15, -0.1) is 0 Å². The number of nitrogens with one attached hydrogen (secondary N) is 1. The van der Waals surface area contributed by atoms with Crippen molar-refractivity contribution < 1.29 is 9.47 Å². The average Bonchev–Trinajstić information content (AvgIpc) is 2.41. The van der Waals surface area contributed by atoms with Crippen LogP contribution in [0.4, 0.5) is 0 Å². The fourth-order valence-corrected chi connectivity index (χ4v) is 3.23. The van der Waals surface area contributed by atoms with Crippen molar-refractivity contribution in [1.29, 1.82) is 0 Å². The molecule has 1 aromatic rings. The number of hydrogen-bond acceptors (Lipinski definition) is 3.